The molecule has 3 nitrogen and oxygen atoms in total. The molecule has 1 aromatic heterocycles. The summed E-state index contributed by atoms with van der Waals surface area (Å²) in [5, 5.41) is 9.01. The van der Waals surface area contributed by atoms with E-state index < -0.39 is 11.8 Å². The Balaban J connectivity index is 1.92. The van der Waals surface area contributed by atoms with Crippen LogP contribution in [-0.4, -0.2) is 16.1 Å². The van der Waals surface area contributed by atoms with Crippen LogP contribution in [0.1, 0.15) is 27.9 Å². The summed E-state index contributed by atoms with van der Waals surface area (Å²) in [6, 6.07) is 7.21. The molecule has 0 fully saturated rings. The summed E-state index contributed by atoms with van der Waals surface area (Å²) in [5.41, 5.74) is 2.30. The molecule has 0 saturated carbocycles. The second kappa shape index (κ2) is 5.25. The van der Waals surface area contributed by atoms with Crippen LogP contribution in [-0.2, 0) is 12.8 Å². The van der Waals surface area contributed by atoms with Crippen LogP contribution in [0.4, 0.5) is 4.39 Å². The van der Waals surface area contributed by atoms with E-state index in [1.807, 2.05) is 12.1 Å². The molecule has 0 amide bonds. The van der Waals surface area contributed by atoms with Crippen LogP contribution >= 0.6 is 11.8 Å². The summed E-state index contributed by atoms with van der Waals surface area (Å²) in [6.45, 7) is 0. The van der Waals surface area contributed by atoms with Gasteiger partial charge in [0.25, 0.3) is 0 Å². The molecule has 0 radical (unpaired) electrons. The van der Waals surface area contributed by atoms with E-state index in [1.165, 1.54) is 23.4 Å². The molecule has 1 aliphatic rings. The summed E-state index contributed by atoms with van der Waals surface area (Å²) in [4.78, 5) is 15.7. The Morgan fingerprint density at radius 2 is 2.05 bits per heavy atom. The zero-order valence-electron chi connectivity index (χ0n) is 10.6. The van der Waals surface area contributed by atoms with Crippen LogP contribution in [0, 0.1) is 5.82 Å². The molecule has 1 heterocycles. The molecule has 0 saturated heterocycles. The van der Waals surface area contributed by atoms with E-state index in [9.17, 15) is 9.18 Å². The van der Waals surface area contributed by atoms with Crippen LogP contribution in [0.3, 0.4) is 0 Å². The Morgan fingerprint density at radius 1 is 1.25 bits per heavy atom. The minimum absolute atomic E-state index is 0.0999. The van der Waals surface area contributed by atoms with Crippen molar-refractivity contribution >= 4 is 17.7 Å². The Hall–Kier alpha value is -1.88. The van der Waals surface area contributed by atoms with Gasteiger partial charge in [-0.15, -0.1) is 0 Å². The van der Waals surface area contributed by atoms with Gasteiger partial charge in [0.15, 0.2) is 5.82 Å². The first-order valence-electron chi connectivity index (χ1n) is 6.32. The molecular formula is C15H12FNO2S. The molecule has 0 aliphatic heterocycles. The summed E-state index contributed by atoms with van der Waals surface area (Å²) in [6.07, 6.45) is 4.63. The minimum Gasteiger partial charge on any atom is -0.478 e. The Labute approximate surface area is 119 Å². The van der Waals surface area contributed by atoms with Crippen molar-refractivity contribution in [3.05, 3.63) is 53.0 Å². The van der Waals surface area contributed by atoms with Gasteiger partial charge in [-0.25, -0.2) is 14.2 Å². The van der Waals surface area contributed by atoms with Crippen molar-refractivity contribution in [3.8, 4) is 0 Å². The number of hydrogen-bond donors (Lipinski definition) is 1. The molecule has 0 unspecified atom stereocenters. The maximum atomic E-state index is 14.0. The lowest BCUT2D eigenvalue weighted by atomic mass is 10.1. The molecule has 3 rings (SSSR count). The predicted octanol–water partition coefficient (Wildman–Crippen LogP) is 3.56. The van der Waals surface area contributed by atoms with Gasteiger partial charge in [-0.2, -0.15) is 0 Å². The van der Waals surface area contributed by atoms with Gasteiger partial charge in [-0.3, -0.25) is 0 Å². The monoisotopic (exact) mass is 289 g/mol. The molecule has 1 aromatic carbocycles. The highest BCUT2D eigenvalue weighted by Crippen LogP contribution is 2.32. The topological polar surface area (TPSA) is 50.2 Å². The SMILES string of the molecule is O=C(O)c1ccnc(Sc2ccc3c(c2)CCC3)c1F. The fourth-order valence-electron chi connectivity index (χ4n) is 2.38. The van der Waals surface area contributed by atoms with E-state index in [1.54, 1.807) is 0 Å². The average molecular weight is 289 g/mol. The summed E-state index contributed by atoms with van der Waals surface area (Å²) in [7, 11) is 0. The van der Waals surface area contributed by atoms with E-state index in [0.717, 1.165) is 35.9 Å². The predicted molar refractivity (Wildman–Crippen MR) is 73.7 cm³/mol. The smallest absolute Gasteiger partial charge is 0.338 e. The summed E-state index contributed by atoms with van der Waals surface area (Å²) >= 11 is 1.16. The van der Waals surface area contributed by atoms with E-state index >= 15 is 0 Å². The van der Waals surface area contributed by atoms with Crippen molar-refractivity contribution in [1.29, 1.82) is 0 Å². The molecule has 0 spiro atoms. The standard InChI is InChI=1S/C15H12FNO2S/c16-13-12(15(18)19)6-7-17-14(13)20-11-5-4-9-2-1-3-10(9)8-11/h4-8H,1-3H2,(H,18,19). The lowest BCUT2D eigenvalue weighted by Gasteiger charge is -2.06. The van der Waals surface area contributed by atoms with Crippen LogP contribution in [0.15, 0.2) is 40.4 Å². The van der Waals surface area contributed by atoms with E-state index in [2.05, 4.69) is 11.1 Å². The number of pyridine rings is 1. The van der Waals surface area contributed by atoms with Gasteiger partial charge in [0, 0.05) is 11.1 Å². The number of hydrogen-bond acceptors (Lipinski definition) is 3. The third kappa shape index (κ3) is 2.41. The highest BCUT2D eigenvalue weighted by atomic mass is 32.2. The van der Waals surface area contributed by atoms with Gasteiger partial charge in [0.05, 0.1) is 5.56 Å². The lowest BCUT2D eigenvalue weighted by Crippen LogP contribution is -2.02. The van der Waals surface area contributed by atoms with Crippen molar-refractivity contribution < 1.29 is 14.3 Å². The van der Waals surface area contributed by atoms with Crippen molar-refractivity contribution in [1.82, 2.24) is 4.98 Å². The third-order valence-electron chi connectivity index (χ3n) is 3.37. The van der Waals surface area contributed by atoms with Crippen LogP contribution in [0.25, 0.3) is 0 Å². The van der Waals surface area contributed by atoms with Gasteiger partial charge in [0.1, 0.15) is 5.03 Å². The number of aryl methyl sites for hydroxylation is 2. The molecule has 1 aliphatic carbocycles. The molecule has 0 atom stereocenters. The zero-order valence-corrected chi connectivity index (χ0v) is 11.4. The van der Waals surface area contributed by atoms with Crippen molar-refractivity contribution in [2.24, 2.45) is 0 Å². The number of carbonyl (C=O) groups is 1. The van der Waals surface area contributed by atoms with Crippen molar-refractivity contribution in [3.63, 3.8) is 0 Å². The van der Waals surface area contributed by atoms with Gasteiger partial charge >= 0.3 is 5.97 Å². The molecule has 20 heavy (non-hydrogen) atoms. The Kier molecular flexibility index (Phi) is 3.44. The highest BCUT2D eigenvalue weighted by Gasteiger charge is 2.17. The number of aromatic nitrogens is 1. The van der Waals surface area contributed by atoms with Crippen LogP contribution in [0.2, 0.25) is 0 Å². The third-order valence-corrected chi connectivity index (χ3v) is 4.34. The van der Waals surface area contributed by atoms with Crippen molar-refractivity contribution in [2.75, 3.05) is 0 Å². The first kappa shape index (κ1) is 13.1. The summed E-state index contributed by atoms with van der Waals surface area (Å²) in [5.74, 6) is -2.05. The molecule has 102 valence electrons. The van der Waals surface area contributed by atoms with Gasteiger partial charge in [-0.05, 0) is 48.6 Å². The van der Waals surface area contributed by atoms with Gasteiger partial charge < -0.3 is 5.11 Å². The number of aromatic carboxylic acids is 1. The second-order valence-corrected chi connectivity index (χ2v) is 5.73. The molecular weight excluding hydrogens is 277 g/mol. The largest absolute Gasteiger partial charge is 0.478 e. The van der Waals surface area contributed by atoms with Crippen LogP contribution in [0.5, 0.6) is 0 Å². The average Bonchev–Trinajstić information content (AvgIpc) is 2.88. The lowest BCUT2D eigenvalue weighted by molar-refractivity contribution is 0.0691. The van der Waals surface area contributed by atoms with Crippen LogP contribution < -0.4 is 0 Å². The molecule has 0 bridgehead atoms. The maximum Gasteiger partial charge on any atom is 0.338 e. The first-order valence-corrected chi connectivity index (χ1v) is 7.14. The maximum absolute atomic E-state index is 14.0. The Bertz CT molecular complexity index is 688. The molecule has 5 heteroatoms. The van der Waals surface area contributed by atoms with E-state index in [-0.39, 0.29) is 10.6 Å². The zero-order chi connectivity index (χ0) is 14.1. The van der Waals surface area contributed by atoms with Crippen molar-refractivity contribution in [2.45, 2.75) is 29.2 Å². The number of carboxylic acid groups (broad SMARTS) is 1. The number of nitrogens with zero attached hydrogens (tertiary/aromatic N) is 1. The second-order valence-electron chi connectivity index (χ2n) is 4.67. The van der Waals surface area contributed by atoms with Gasteiger partial charge in [-0.1, -0.05) is 17.8 Å². The first-order chi connectivity index (χ1) is 9.65. The molecule has 2 aromatic rings. The number of halogens is 1. The number of fused-ring (bicyclic) bond motifs is 1. The normalized spacial score (nSPS) is 13.2. The summed E-state index contributed by atoms with van der Waals surface area (Å²) < 4.78 is 14.0. The van der Waals surface area contributed by atoms with E-state index in [0.29, 0.717) is 0 Å². The quantitative estimate of drug-likeness (QED) is 0.938. The highest BCUT2D eigenvalue weighted by molar-refractivity contribution is 7.99. The van der Waals surface area contributed by atoms with E-state index in [4.69, 9.17) is 5.11 Å². The minimum atomic E-state index is -1.28. The fraction of sp³-hybridized carbons (Fsp3) is 0.200. The Morgan fingerprint density at radius 3 is 2.85 bits per heavy atom. The number of benzene rings is 1. The number of rotatable bonds is 3. The fourth-order valence-corrected chi connectivity index (χ4v) is 3.26. The van der Waals surface area contributed by atoms with Gasteiger partial charge in [0.2, 0.25) is 0 Å². The number of carboxylic acids is 1. The molecule has 1 N–H and O–H groups in total.